The van der Waals surface area contributed by atoms with Crippen molar-refractivity contribution in [1.82, 2.24) is 0 Å². The zero-order valence-corrected chi connectivity index (χ0v) is 11.0. The lowest BCUT2D eigenvalue weighted by molar-refractivity contribution is 0.589. The molecule has 1 rings (SSSR count). The summed E-state index contributed by atoms with van der Waals surface area (Å²) in [5.74, 6) is 0. The topological polar surface area (TPSA) is 0 Å². The van der Waals surface area contributed by atoms with Crippen LogP contribution in [0.3, 0.4) is 0 Å². The van der Waals surface area contributed by atoms with E-state index in [9.17, 15) is 0 Å². The van der Waals surface area contributed by atoms with Crippen molar-refractivity contribution in [2.75, 3.05) is 0 Å². The van der Waals surface area contributed by atoms with Crippen LogP contribution in [0, 0.1) is 0 Å². The fourth-order valence-electron chi connectivity index (χ4n) is 1.65. The minimum atomic E-state index is 0.213. The van der Waals surface area contributed by atoms with E-state index in [4.69, 9.17) is 0 Å². The van der Waals surface area contributed by atoms with Crippen molar-refractivity contribution in [1.29, 1.82) is 0 Å². The average molecular weight is 214 g/mol. The first kappa shape index (κ1) is 12.8. The molecule has 1 aromatic carbocycles. The van der Waals surface area contributed by atoms with E-state index in [-0.39, 0.29) is 5.41 Å². The van der Waals surface area contributed by atoms with Crippen molar-refractivity contribution in [2.24, 2.45) is 0 Å². The van der Waals surface area contributed by atoms with Crippen molar-refractivity contribution >= 4 is 12.2 Å². The molecule has 0 aliphatic heterocycles. The second-order valence-corrected chi connectivity index (χ2v) is 5.07. The maximum Gasteiger partial charge on any atom is -0.0132 e. The monoisotopic (exact) mass is 214 g/mol. The summed E-state index contributed by atoms with van der Waals surface area (Å²) in [6, 6.07) is 6.72. The van der Waals surface area contributed by atoms with Gasteiger partial charge in [-0.05, 0) is 35.3 Å². The molecule has 0 saturated heterocycles. The van der Waals surface area contributed by atoms with Crippen molar-refractivity contribution in [3.05, 3.63) is 46.4 Å². The summed E-state index contributed by atoms with van der Waals surface area (Å²) < 4.78 is 0. The summed E-state index contributed by atoms with van der Waals surface area (Å²) in [5, 5.41) is 2.60. The van der Waals surface area contributed by atoms with Crippen molar-refractivity contribution in [3.63, 3.8) is 0 Å². The van der Waals surface area contributed by atoms with Gasteiger partial charge in [-0.25, -0.2) is 0 Å². The van der Waals surface area contributed by atoms with Crippen LogP contribution >= 0.6 is 0 Å². The molecule has 16 heavy (non-hydrogen) atoms. The Morgan fingerprint density at radius 1 is 1.00 bits per heavy atom. The van der Waals surface area contributed by atoms with Gasteiger partial charge in [0, 0.05) is 0 Å². The van der Waals surface area contributed by atoms with Gasteiger partial charge in [0.1, 0.15) is 0 Å². The summed E-state index contributed by atoms with van der Waals surface area (Å²) >= 11 is 0. The molecule has 0 fully saturated rings. The van der Waals surface area contributed by atoms with Gasteiger partial charge in [-0.15, -0.1) is 0 Å². The van der Waals surface area contributed by atoms with E-state index in [1.807, 2.05) is 6.92 Å². The van der Waals surface area contributed by atoms with Crippen molar-refractivity contribution in [2.45, 2.75) is 40.0 Å². The highest BCUT2D eigenvalue weighted by molar-refractivity contribution is 5.41. The molecule has 0 saturated carbocycles. The lowest BCUT2D eigenvalue weighted by Crippen LogP contribution is -2.26. The quantitative estimate of drug-likeness (QED) is 0.673. The fourth-order valence-corrected chi connectivity index (χ4v) is 1.65. The zero-order chi connectivity index (χ0) is 12.2. The second-order valence-electron chi connectivity index (χ2n) is 5.07. The lowest BCUT2D eigenvalue weighted by Gasteiger charge is -2.18. The van der Waals surface area contributed by atoms with Gasteiger partial charge < -0.3 is 0 Å². The zero-order valence-electron chi connectivity index (χ0n) is 11.0. The molecule has 0 amide bonds. The van der Waals surface area contributed by atoms with Gasteiger partial charge in [-0.3, -0.25) is 0 Å². The number of hydrogen-bond acceptors (Lipinski definition) is 0. The highest BCUT2D eigenvalue weighted by atomic mass is 14.2. The van der Waals surface area contributed by atoms with Crippen LogP contribution in [0.4, 0.5) is 0 Å². The molecule has 0 radical (unpaired) electrons. The SMILES string of the molecule is C\C=C/C=c1/cc(C(C)(C)C)cc/c1=C/C. The molecule has 0 nitrogen and oxygen atoms in total. The summed E-state index contributed by atoms with van der Waals surface area (Å²) in [7, 11) is 0. The minimum Gasteiger partial charge on any atom is -0.0876 e. The summed E-state index contributed by atoms with van der Waals surface area (Å²) in [4.78, 5) is 0. The third-order valence-corrected chi connectivity index (χ3v) is 2.73. The summed E-state index contributed by atoms with van der Waals surface area (Å²) in [6.07, 6.45) is 8.48. The molecule has 0 atom stereocenters. The Morgan fingerprint density at radius 3 is 2.19 bits per heavy atom. The molecule has 0 spiro atoms. The van der Waals surface area contributed by atoms with Crippen LogP contribution in [0.5, 0.6) is 0 Å². The van der Waals surface area contributed by atoms with E-state index in [1.165, 1.54) is 16.0 Å². The lowest BCUT2D eigenvalue weighted by atomic mass is 9.86. The van der Waals surface area contributed by atoms with Crippen molar-refractivity contribution < 1.29 is 0 Å². The van der Waals surface area contributed by atoms with Gasteiger partial charge in [-0.1, -0.05) is 63.3 Å². The standard InChI is InChI=1S/C16H22/c1-6-8-9-14-12-15(16(3,4)5)11-10-13(14)7-2/h6-12H,1-5H3/b8-6-,13-7-,14-9-. The molecule has 1 aromatic rings. The molecule has 0 aromatic heterocycles. The smallest absolute Gasteiger partial charge is 0.0132 e. The molecule has 0 aliphatic carbocycles. The van der Waals surface area contributed by atoms with Gasteiger partial charge in [0.25, 0.3) is 0 Å². The van der Waals surface area contributed by atoms with E-state index in [0.29, 0.717) is 0 Å². The molecule has 0 unspecified atom stereocenters. The Kier molecular flexibility index (Phi) is 4.12. The molecule has 86 valence electrons. The van der Waals surface area contributed by atoms with Gasteiger partial charge in [-0.2, -0.15) is 0 Å². The highest BCUT2D eigenvalue weighted by Gasteiger charge is 2.12. The van der Waals surface area contributed by atoms with Gasteiger partial charge in [0.2, 0.25) is 0 Å². The van der Waals surface area contributed by atoms with E-state index in [2.05, 4.69) is 70.2 Å². The van der Waals surface area contributed by atoms with Crippen LogP contribution in [0.25, 0.3) is 12.2 Å². The normalized spacial score (nSPS) is 15.1. The van der Waals surface area contributed by atoms with E-state index < -0.39 is 0 Å². The van der Waals surface area contributed by atoms with Gasteiger partial charge >= 0.3 is 0 Å². The third-order valence-electron chi connectivity index (χ3n) is 2.73. The molecule has 0 bridgehead atoms. The maximum atomic E-state index is 2.29. The van der Waals surface area contributed by atoms with Gasteiger partial charge in [0.15, 0.2) is 0 Å². The Bertz CT molecular complexity index is 482. The second kappa shape index (κ2) is 5.16. The van der Waals surface area contributed by atoms with Crippen LogP contribution in [0.15, 0.2) is 30.4 Å². The molecule has 0 heterocycles. The predicted octanol–water partition coefficient (Wildman–Crippen LogP) is 3.14. The molecular formula is C16H22. The number of hydrogen-bond donors (Lipinski definition) is 0. The first-order valence-corrected chi connectivity index (χ1v) is 5.89. The van der Waals surface area contributed by atoms with Crippen LogP contribution in [0.1, 0.15) is 40.2 Å². The highest BCUT2D eigenvalue weighted by Crippen LogP contribution is 2.19. The summed E-state index contributed by atoms with van der Waals surface area (Å²) in [6.45, 7) is 10.9. The van der Waals surface area contributed by atoms with Crippen LogP contribution in [-0.2, 0) is 5.41 Å². The van der Waals surface area contributed by atoms with Crippen LogP contribution in [-0.4, -0.2) is 0 Å². The Balaban J connectivity index is 3.46. The number of benzene rings is 1. The first-order chi connectivity index (χ1) is 7.49. The van der Waals surface area contributed by atoms with Gasteiger partial charge in [0.05, 0.1) is 0 Å². The van der Waals surface area contributed by atoms with Crippen molar-refractivity contribution in [3.8, 4) is 0 Å². The molecular weight excluding hydrogens is 192 g/mol. The van der Waals surface area contributed by atoms with E-state index in [1.54, 1.807) is 0 Å². The Labute approximate surface area is 99.0 Å². The van der Waals surface area contributed by atoms with E-state index in [0.717, 1.165) is 0 Å². The first-order valence-electron chi connectivity index (χ1n) is 5.89. The van der Waals surface area contributed by atoms with E-state index >= 15 is 0 Å². The number of allylic oxidation sites excluding steroid dienone is 2. The molecule has 0 N–H and O–H groups in total. The fraction of sp³-hybridized carbons (Fsp3) is 0.375. The molecule has 0 heteroatoms. The van der Waals surface area contributed by atoms with Crippen LogP contribution < -0.4 is 10.4 Å². The average Bonchev–Trinajstić information content (AvgIpc) is 2.24. The maximum absolute atomic E-state index is 2.29. The molecule has 0 aliphatic rings. The summed E-state index contributed by atoms with van der Waals surface area (Å²) in [5.41, 5.74) is 1.60. The number of rotatable bonds is 1. The minimum absolute atomic E-state index is 0.213. The Morgan fingerprint density at radius 2 is 1.69 bits per heavy atom. The van der Waals surface area contributed by atoms with Crippen LogP contribution in [0.2, 0.25) is 0 Å². The Hall–Kier alpha value is -1.30. The third kappa shape index (κ3) is 3.10. The largest absolute Gasteiger partial charge is 0.0876 e. The predicted molar refractivity (Wildman–Crippen MR) is 73.8 cm³/mol.